The number of aromatic nitrogens is 3. The molecule has 41 heavy (non-hydrogen) atoms. The Bertz CT molecular complexity index is 2050. The highest BCUT2D eigenvalue weighted by atomic mass is 16.4. The van der Waals surface area contributed by atoms with Crippen LogP contribution in [0, 0.1) is 13.8 Å². The molecular weight excluding hydrogens is 524 g/mol. The molecule has 202 valence electrons. The van der Waals surface area contributed by atoms with Gasteiger partial charge in [0, 0.05) is 28.0 Å². The summed E-state index contributed by atoms with van der Waals surface area (Å²) in [7, 11) is 0. The molecule has 3 aromatic carbocycles. The van der Waals surface area contributed by atoms with Crippen molar-refractivity contribution in [2.45, 2.75) is 13.8 Å². The van der Waals surface area contributed by atoms with Crippen LogP contribution in [0.25, 0.3) is 39.1 Å². The van der Waals surface area contributed by atoms with E-state index in [9.17, 15) is 24.6 Å². The monoisotopic (exact) mass is 546 g/mol. The molecule has 0 unspecified atom stereocenters. The molecule has 2 N–H and O–H groups in total. The fourth-order valence-corrected chi connectivity index (χ4v) is 4.91. The van der Waals surface area contributed by atoms with Gasteiger partial charge in [-0.05, 0) is 62.4 Å². The summed E-state index contributed by atoms with van der Waals surface area (Å²) in [6.07, 6.45) is 1.52. The summed E-state index contributed by atoms with van der Waals surface area (Å²) in [6, 6.07) is 22.0. The van der Waals surface area contributed by atoms with Gasteiger partial charge in [-0.15, -0.1) is 0 Å². The number of benzene rings is 3. The Morgan fingerprint density at radius 2 is 1.59 bits per heavy atom. The molecule has 0 spiro atoms. The van der Waals surface area contributed by atoms with Crippen LogP contribution in [0.4, 0.5) is 0 Å². The Morgan fingerprint density at radius 1 is 0.902 bits per heavy atom. The van der Waals surface area contributed by atoms with Crippen molar-refractivity contribution in [2.24, 2.45) is 5.10 Å². The van der Waals surface area contributed by atoms with Crippen molar-refractivity contribution < 1.29 is 24.2 Å². The number of para-hydroxylation sites is 2. The quantitative estimate of drug-likeness (QED) is 0.263. The van der Waals surface area contributed by atoms with Crippen molar-refractivity contribution in [3.63, 3.8) is 0 Å². The van der Waals surface area contributed by atoms with Crippen LogP contribution >= 0.6 is 0 Å². The smallest absolute Gasteiger partial charge is 0.335 e. The Hall–Kier alpha value is -5.77. The zero-order chi connectivity index (χ0) is 28.8. The first-order chi connectivity index (χ1) is 19.7. The molecule has 6 aromatic rings. The van der Waals surface area contributed by atoms with Crippen molar-refractivity contribution in [1.82, 2.24) is 14.2 Å². The fraction of sp³-hybridized carbons (Fsp3) is 0.0645. The van der Waals surface area contributed by atoms with E-state index in [1.807, 2.05) is 37.3 Å². The SMILES string of the molecule is Cc1cc(C=Nn2c(-c3cc4ccccc4o3)nc3ccccc3c2=O)c(C)n1-c1cc(C(=O)O)cc(C(=O)O)c1. The summed E-state index contributed by atoms with van der Waals surface area (Å²) >= 11 is 0. The van der Waals surface area contributed by atoms with Crippen LogP contribution < -0.4 is 5.56 Å². The van der Waals surface area contributed by atoms with Crippen molar-refractivity contribution in [3.8, 4) is 17.3 Å². The number of hydrogen-bond acceptors (Lipinski definition) is 6. The van der Waals surface area contributed by atoms with Gasteiger partial charge in [0.05, 0.1) is 28.2 Å². The van der Waals surface area contributed by atoms with Crippen molar-refractivity contribution in [1.29, 1.82) is 0 Å². The Morgan fingerprint density at radius 3 is 2.29 bits per heavy atom. The summed E-state index contributed by atoms with van der Waals surface area (Å²) in [4.78, 5) is 41.6. The van der Waals surface area contributed by atoms with Crippen LogP contribution in [0.1, 0.15) is 37.7 Å². The van der Waals surface area contributed by atoms with Crippen LogP contribution in [-0.2, 0) is 0 Å². The van der Waals surface area contributed by atoms with E-state index in [0.29, 0.717) is 44.9 Å². The molecule has 0 radical (unpaired) electrons. The zero-order valence-corrected chi connectivity index (χ0v) is 21.9. The van der Waals surface area contributed by atoms with E-state index < -0.39 is 11.9 Å². The van der Waals surface area contributed by atoms with E-state index in [0.717, 1.165) is 11.5 Å². The molecule has 0 bridgehead atoms. The van der Waals surface area contributed by atoms with E-state index in [2.05, 4.69) is 5.10 Å². The number of carboxylic acid groups (broad SMARTS) is 2. The van der Waals surface area contributed by atoms with Gasteiger partial charge >= 0.3 is 11.9 Å². The van der Waals surface area contributed by atoms with Gasteiger partial charge in [-0.1, -0.05) is 30.3 Å². The molecule has 0 atom stereocenters. The number of carboxylic acids is 2. The zero-order valence-electron chi connectivity index (χ0n) is 21.9. The van der Waals surface area contributed by atoms with E-state index in [1.54, 1.807) is 41.8 Å². The van der Waals surface area contributed by atoms with Crippen LogP contribution in [0.15, 0.2) is 93.2 Å². The topological polar surface area (TPSA) is 140 Å². The molecule has 10 nitrogen and oxygen atoms in total. The average Bonchev–Trinajstić information content (AvgIpc) is 3.52. The molecule has 0 aliphatic heterocycles. The van der Waals surface area contributed by atoms with E-state index in [4.69, 9.17) is 9.40 Å². The lowest BCUT2D eigenvalue weighted by Crippen LogP contribution is -2.20. The number of nitrogens with zero attached hydrogens (tertiary/aromatic N) is 4. The number of rotatable bonds is 6. The highest BCUT2D eigenvalue weighted by molar-refractivity contribution is 5.95. The molecular formula is C31H22N4O6. The molecule has 0 saturated carbocycles. The maximum absolute atomic E-state index is 13.6. The van der Waals surface area contributed by atoms with Crippen molar-refractivity contribution >= 4 is 40.0 Å². The number of fused-ring (bicyclic) bond motifs is 2. The van der Waals surface area contributed by atoms with Crippen molar-refractivity contribution in [3.05, 3.63) is 117 Å². The second-order valence-corrected chi connectivity index (χ2v) is 9.50. The van der Waals surface area contributed by atoms with Crippen LogP contribution in [0.3, 0.4) is 0 Å². The van der Waals surface area contributed by atoms with E-state index >= 15 is 0 Å². The van der Waals surface area contributed by atoms with Gasteiger partial charge < -0.3 is 19.2 Å². The second kappa shape index (κ2) is 9.76. The Balaban J connectivity index is 1.50. The van der Waals surface area contributed by atoms with Crippen LogP contribution in [0.5, 0.6) is 0 Å². The molecule has 0 aliphatic carbocycles. The summed E-state index contributed by atoms with van der Waals surface area (Å²) in [5.41, 5.74) is 2.87. The largest absolute Gasteiger partial charge is 0.478 e. The third kappa shape index (κ3) is 4.47. The second-order valence-electron chi connectivity index (χ2n) is 9.50. The number of hydrogen-bond donors (Lipinski definition) is 2. The highest BCUT2D eigenvalue weighted by Gasteiger charge is 2.18. The van der Waals surface area contributed by atoms with Gasteiger partial charge in [0.15, 0.2) is 5.76 Å². The minimum Gasteiger partial charge on any atom is -0.478 e. The molecule has 3 aromatic heterocycles. The summed E-state index contributed by atoms with van der Waals surface area (Å²) in [5.74, 6) is -1.86. The maximum atomic E-state index is 13.6. The summed E-state index contributed by atoms with van der Waals surface area (Å²) < 4.78 is 8.95. The third-order valence-corrected chi connectivity index (χ3v) is 6.85. The minimum atomic E-state index is -1.24. The third-order valence-electron chi connectivity index (χ3n) is 6.85. The molecule has 10 heteroatoms. The Kier molecular flexibility index (Phi) is 6.07. The highest BCUT2D eigenvalue weighted by Crippen LogP contribution is 2.27. The normalized spacial score (nSPS) is 11.6. The fourth-order valence-electron chi connectivity index (χ4n) is 4.91. The van der Waals surface area contributed by atoms with E-state index in [-0.39, 0.29) is 22.5 Å². The number of aromatic carboxylic acids is 2. The minimum absolute atomic E-state index is 0.146. The molecule has 0 amide bonds. The lowest BCUT2D eigenvalue weighted by Gasteiger charge is -2.12. The summed E-state index contributed by atoms with van der Waals surface area (Å²) in [6.45, 7) is 3.60. The van der Waals surface area contributed by atoms with Gasteiger partial charge in [-0.25, -0.2) is 14.6 Å². The first-order valence-corrected chi connectivity index (χ1v) is 12.6. The summed E-state index contributed by atoms with van der Waals surface area (Å²) in [5, 5.41) is 24.8. The average molecular weight is 547 g/mol. The molecule has 3 heterocycles. The number of carbonyl (C=O) groups is 2. The maximum Gasteiger partial charge on any atom is 0.335 e. The lowest BCUT2D eigenvalue weighted by atomic mass is 10.1. The number of aryl methyl sites for hydroxylation is 1. The van der Waals surface area contributed by atoms with Gasteiger partial charge in [-0.2, -0.15) is 9.78 Å². The Labute approximate surface area is 232 Å². The molecule has 6 rings (SSSR count). The van der Waals surface area contributed by atoms with Crippen molar-refractivity contribution in [2.75, 3.05) is 0 Å². The first-order valence-electron chi connectivity index (χ1n) is 12.6. The van der Waals surface area contributed by atoms with Crippen LogP contribution in [0.2, 0.25) is 0 Å². The number of furan rings is 1. The molecule has 0 aliphatic rings. The first kappa shape index (κ1) is 25.5. The van der Waals surface area contributed by atoms with E-state index in [1.165, 1.54) is 23.0 Å². The van der Waals surface area contributed by atoms with Crippen LogP contribution in [-0.4, -0.2) is 42.6 Å². The molecule has 0 fully saturated rings. The molecule has 0 saturated heterocycles. The van der Waals surface area contributed by atoms with Gasteiger partial charge in [0.1, 0.15) is 5.58 Å². The lowest BCUT2D eigenvalue weighted by molar-refractivity contribution is 0.0696. The predicted octanol–water partition coefficient (Wildman–Crippen LogP) is 5.50. The van der Waals surface area contributed by atoms with Gasteiger partial charge in [-0.3, -0.25) is 4.79 Å². The predicted molar refractivity (Wildman–Crippen MR) is 153 cm³/mol. The standard InChI is InChI=1S/C31H22N4O6/c1-17-11-22(18(2)34(17)23-13-20(30(37)38)12-21(14-23)31(39)40)16-32-35-28(27-15-19-7-3-6-10-26(19)41-27)33-25-9-5-4-8-24(25)29(35)36/h3-16H,1-2H3,(H,37,38)(H,39,40). The van der Waals surface area contributed by atoms with Gasteiger partial charge in [0.2, 0.25) is 5.82 Å². The van der Waals surface area contributed by atoms with Gasteiger partial charge in [0.25, 0.3) is 5.56 Å².